The van der Waals surface area contributed by atoms with Crippen LogP contribution in [0, 0.1) is 0 Å². The zero-order valence-electron chi connectivity index (χ0n) is 18.7. The van der Waals surface area contributed by atoms with E-state index in [1.54, 1.807) is 6.92 Å². The van der Waals surface area contributed by atoms with Crippen LogP contribution in [0.15, 0.2) is 48.5 Å². The Morgan fingerprint density at radius 3 is 2.21 bits per heavy atom. The smallest absolute Gasteiger partial charge is 0.407 e. The number of aliphatic carboxylic acids is 1. The molecular weight excluding hydrogens is 420 g/mol. The molecule has 1 saturated heterocycles. The highest BCUT2D eigenvalue weighted by atomic mass is 16.5. The first-order valence-corrected chi connectivity index (χ1v) is 11.5. The summed E-state index contributed by atoms with van der Waals surface area (Å²) in [5, 5.41) is 12.5. The highest BCUT2D eigenvalue weighted by Gasteiger charge is 2.51. The third kappa shape index (κ3) is 3.75. The number of nitrogens with one attached hydrogen (secondary N) is 1. The summed E-state index contributed by atoms with van der Waals surface area (Å²) in [6.07, 6.45) is 2.04. The van der Waals surface area contributed by atoms with Gasteiger partial charge in [-0.15, -0.1) is 0 Å². The van der Waals surface area contributed by atoms with Crippen molar-refractivity contribution in [3.8, 4) is 11.1 Å². The van der Waals surface area contributed by atoms with Gasteiger partial charge < -0.3 is 20.1 Å². The van der Waals surface area contributed by atoms with Gasteiger partial charge in [-0.1, -0.05) is 48.5 Å². The van der Waals surface area contributed by atoms with Crippen molar-refractivity contribution in [3.05, 3.63) is 59.7 Å². The Balaban J connectivity index is 1.22. The lowest BCUT2D eigenvalue weighted by Crippen LogP contribution is -2.52. The minimum Gasteiger partial charge on any atom is -0.480 e. The molecule has 2 fully saturated rings. The fourth-order valence-electron chi connectivity index (χ4n) is 5.32. The Morgan fingerprint density at radius 2 is 1.64 bits per heavy atom. The van der Waals surface area contributed by atoms with Crippen LogP contribution in [0.4, 0.5) is 4.79 Å². The van der Waals surface area contributed by atoms with Gasteiger partial charge in [-0.05, 0) is 54.9 Å². The SMILES string of the molecule is CC1(C(=O)O)CCCN1C(=O)CC1(NC(=O)OCC2c3ccccc3-c3ccccc32)CC1. The van der Waals surface area contributed by atoms with E-state index in [2.05, 4.69) is 29.6 Å². The number of amides is 2. The summed E-state index contributed by atoms with van der Waals surface area (Å²) in [6, 6.07) is 16.3. The first-order chi connectivity index (χ1) is 15.8. The van der Waals surface area contributed by atoms with E-state index in [1.165, 1.54) is 16.0 Å². The van der Waals surface area contributed by atoms with Gasteiger partial charge in [0.05, 0.1) is 12.0 Å². The van der Waals surface area contributed by atoms with Crippen molar-refractivity contribution in [2.24, 2.45) is 0 Å². The van der Waals surface area contributed by atoms with Gasteiger partial charge in [0.2, 0.25) is 5.91 Å². The maximum atomic E-state index is 12.9. The number of hydrogen-bond acceptors (Lipinski definition) is 4. The highest BCUT2D eigenvalue weighted by molar-refractivity contribution is 5.88. The summed E-state index contributed by atoms with van der Waals surface area (Å²) in [5.41, 5.74) is 2.81. The van der Waals surface area contributed by atoms with E-state index in [0.29, 0.717) is 32.2 Å². The van der Waals surface area contributed by atoms with Crippen LogP contribution in [0.2, 0.25) is 0 Å². The van der Waals surface area contributed by atoms with Crippen molar-refractivity contribution in [2.75, 3.05) is 13.2 Å². The lowest BCUT2D eigenvalue weighted by Gasteiger charge is -2.32. The third-order valence-electron chi connectivity index (χ3n) is 7.46. The second-order valence-corrected chi connectivity index (χ2v) is 9.64. The normalized spacial score (nSPS) is 22.4. The molecule has 1 aliphatic heterocycles. The molecule has 2 N–H and O–H groups in total. The summed E-state index contributed by atoms with van der Waals surface area (Å²) in [4.78, 5) is 38.7. The Kier molecular flexibility index (Phi) is 5.15. The summed E-state index contributed by atoms with van der Waals surface area (Å²) in [5.74, 6) is -1.24. The van der Waals surface area contributed by atoms with E-state index in [9.17, 15) is 19.5 Å². The second-order valence-electron chi connectivity index (χ2n) is 9.64. The summed E-state index contributed by atoms with van der Waals surface area (Å²) < 4.78 is 5.63. The molecule has 0 radical (unpaired) electrons. The van der Waals surface area contributed by atoms with Gasteiger partial charge in [0, 0.05) is 12.5 Å². The first kappa shape index (κ1) is 21.5. The molecule has 0 aromatic heterocycles. The van der Waals surface area contributed by atoms with Gasteiger partial charge >= 0.3 is 12.1 Å². The van der Waals surface area contributed by atoms with Crippen molar-refractivity contribution >= 4 is 18.0 Å². The molecule has 1 saturated carbocycles. The lowest BCUT2D eigenvalue weighted by atomic mass is 9.98. The summed E-state index contributed by atoms with van der Waals surface area (Å²) >= 11 is 0. The number of carboxylic acid groups (broad SMARTS) is 1. The quantitative estimate of drug-likeness (QED) is 0.699. The van der Waals surface area contributed by atoms with Gasteiger partial charge in [0.15, 0.2) is 0 Å². The maximum Gasteiger partial charge on any atom is 0.407 e. The van der Waals surface area contributed by atoms with Crippen molar-refractivity contribution in [2.45, 2.75) is 56.0 Å². The number of nitrogens with zero attached hydrogens (tertiary/aromatic N) is 1. The van der Waals surface area contributed by atoms with Crippen LogP contribution in [0.5, 0.6) is 0 Å². The Morgan fingerprint density at radius 1 is 1.03 bits per heavy atom. The van der Waals surface area contributed by atoms with Gasteiger partial charge in [-0.25, -0.2) is 9.59 Å². The lowest BCUT2D eigenvalue weighted by molar-refractivity contribution is -0.155. The van der Waals surface area contributed by atoms with Gasteiger partial charge in [0.25, 0.3) is 0 Å². The van der Waals surface area contributed by atoms with Crippen LogP contribution in [0.25, 0.3) is 11.1 Å². The van der Waals surface area contributed by atoms with E-state index in [1.807, 2.05) is 24.3 Å². The monoisotopic (exact) mass is 448 g/mol. The van der Waals surface area contributed by atoms with Crippen LogP contribution in [-0.4, -0.2) is 52.2 Å². The first-order valence-electron chi connectivity index (χ1n) is 11.5. The molecule has 7 nitrogen and oxygen atoms in total. The number of likely N-dealkylation sites (tertiary alicyclic amines) is 1. The molecule has 5 rings (SSSR count). The zero-order valence-corrected chi connectivity index (χ0v) is 18.7. The fourth-order valence-corrected chi connectivity index (χ4v) is 5.32. The van der Waals surface area contributed by atoms with E-state index in [-0.39, 0.29) is 24.9 Å². The van der Waals surface area contributed by atoms with Crippen molar-refractivity contribution in [1.82, 2.24) is 10.2 Å². The van der Waals surface area contributed by atoms with Crippen LogP contribution in [0.1, 0.15) is 56.1 Å². The number of fused-ring (bicyclic) bond motifs is 3. The molecule has 2 aromatic rings. The van der Waals surface area contributed by atoms with Crippen LogP contribution in [-0.2, 0) is 14.3 Å². The van der Waals surface area contributed by atoms with Crippen LogP contribution >= 0.6 is 0 Å². The van der Waals surface area contributed by atoms with E-state index < -0.39 is 23.1 Å². The fraction of sp³-hybridized carbons (Fsp3) is 0.423. The molecule has 33 heavy (non-hydrogen) atoms. The molecular formula is C26H28N2O5. The van der Waals surface area contributed by atoms with Crippen molar-refractivity contribution < 1.29 is 24.2 Å². The molecule has 1 heterocycles. The predicted molar refractivity (Wildman–Crippen MR) is 122 cm³/mol. The average Bonchev–Trinajstić information content (AvgIpc) is 3.28. The van der Waals surface area contributed by atoms with Crippen molar-refractivity contribution in [3.63, 3.8) is 0 Å². The Bertz CT molecular complexity index is 1080. The number of alkyl carbamates (subject to hydrolysis) is 1. The van der Waals surface area contributed by atoms with Gasteiger partial charge in [0.1, 0.15) is 12.1 Å². The summed E-state index contributed by atoms with van der Waals surface area (Å²) in [6.45, 7) is 2.24. The number of carboxylic acids is 1. The molecule has 1 atom stereocenters. The molecule has 0 spiro atoms. The number of carbonyl (C=O) groups excluding carboxylic acids is 2. The number of ether oxygens (including phenoxy) is 1. The van der Waals surface area contributed by atoms with E-state index in [0.717, 1.165) is 11.1 Å². The largest absolute Gasteiger partial charge is 0.480 e. The summed E-state index contributed by atoms with van der Waals surface area (Å²) in [7, 11) is 0. The van der Waals surface area contributed by atoms with Crippen LogP contribution < -0.4 is 5.32 Å². The zero-order chi connectivity index (χ0) is 23.2. The number of rotatable bonds is 6. The Labute approximate surface area is 192 Å². The minimum atomic E-state index is -1.17. The predicted octanol–water partition coefficient (Wildman–Crippen LogP) is 3.91. The topological polar surface area (TPSA) is 95.9 Å². The van der Waals surface area contributed by atoms with Gasteiger partial charge in [-0.2, -0.15) is 0 Å². The standard InChI is InChI=1S/C26H28N2O5/c1-25(23(30)31)11-6-14-28(25)22(29)15-26(12-13-26)27-24(32)33-16-21-19-9-4-2-7-17(19)18-8-3-5-10-20(18)21/h2-5,7-10,21H,6,11-16H2,1H3,(H,27,32)(H,30,31). The highest BCUT2D eigenvalue weighted by Crippen LogP contribution is 2.45. The Hall–Kier alpha value is -3.35. The average molecular weight is 449 g/mol. The van der Waals surface area contributed by atoms with E-state index >= 15 is 0 Å². The minimum absolute atomic E-state index is 0.0270. The molecule has 2 aromatic carbocycles. The maximum absolute atomic E-state index is 12.9. The molecule has 2 amide bonds. The number of carbonyl (C=O) groups is 3. The van der Waals surface area contributed by atoms with Crippen LogP contribution in [0.3, 0.4) is 0 Å². The van der Waals surface area contributed by atoms with E-state index in [4.69, 9.17) is 4.74 Å². The second kappa shape index (κ2) is 7.90. The molecule has 7 heteroatoms. The molecule has 2 aliphatic carbocycles. The van der Waals surface area contributed by atoms with Crippen molar-refractivity contribution in [1.29, 1.82) is 0 Å². The molecule has 3 aliphatic rings. The molecule has 1 unspecified atom stereocenters. The van der Waals surface area contributed by atoms with Gasteiger partial charge in [-0.3, -0.25) is 4.79 Å². The molecule has 0 bridgehead atoms. The molecule has 172 valence electrons. The number of benzene rings is 2. The third-order valence-corrected chi connectivity index (χ3v) is 7.46. The number of hydrogen-bond donors (Lipinski definition) is 2.